The Bertz CT molecular complexity index is 637. The fourth-order valence-corrected chi connectivity index (χ4v) is 2.08. The number of nitrogens with one attached hydrogen (secondary N) is 1. The predicted molar refractivity (Wildman–Crippen MR) is 73.5 cm³/mol. The van der Waals surface area contributed by atoms with Crippen molar-refractivity contribution < 1.29 is 4.39 Å². The van der Waals surface area contributed by atoms with Gasteiger partial charge < -0.3 is 5.32 Å². The van der Waals surface area contributed by atoms with Crippen molar-refractivity contribution in [1.82, 2.24) is 0 Å². The maximum Gasteiger partial charge on any atom is 0.124 e. The third-order valence-electron chi connectivity index (χ3n) is 2.30. The van der Waals surface area contributed by atoms with E-state index in [1.807, 2.05) is 0 Å². The van der Waals surface area contributed by atoms with Crippen LogP contribution < -0.4 is 5.32 Å². The largest absolute Gasteiger partial charge is 0.353 e. The molecule has 0 heterocycles. The summed E-state index contributed by atoms with van der Waals surface area (Å²) in [6.07, 6.45) is 0. The molecule has 0 radical (unpaired) electrons. The fourth-order valence-electron chi connectivity index (χ4n) is 1.45. The van der Waals surface area contributed by atoms with Crippen molar-refractivity contribution in [2.24, 2.45) is 0 Å². The van der Waals surface area contributed by atoms with E-state index < -0.39 is 0 Å². The van der Waals surface area contributed by atoms with E-state index in [0.717, 1.165) is 0 Å². The lowest BCUT2D eigenvalue weighted by Crippen LogP contribution is -1.95. The second-order valence-corrected chi connectivity index (χ2v) is 4.84. The van der Waals surface area contributed by atoms with Gasteiger partial charge in [-0.25, -0.2) is 4.39 Å². The van der Waals surface area contributed by atoms with Gasteiger partial charge in [0, 0.05) is 9.50 Å². The molecule has 0 bridgehead atoms. The van der Waals surface area contributed by atoms with Crippen molar-refractivity contribution >= 4 is 38.9 Å². The molecule has 5 heteroatoms. The molecule has 90 valence electrons. The standard InChI is InChI=1S/C13H7BrClFN2/c14-11-6-10(16)3-4-12(11)18-13-5-9(15)2-1-8(13)7-17/h1-6,18H. The highest BCUT2D eigenvalue weighted by Gasteiger charge is 2.06. The minimum atomic E-state index is -0.334. The Morgan fingerprint density at radius 3 is 2.61 bits per heavy atom. The molecular weight excluding hydrogens is 319 g/mol. The van der Waals surface area contributed by atoms with Crippen molar-refractivity contribution in [1.29, 1.82) is 5.26 Å². The van der Waals surface area contributed by atoms with Crippen molar-refractivity contribution in [3.8, 4) is 6.07 Å². The molecule has 0 aliphatic carbocycles. The summed E-state index contributed by atoms with van der Waals surface area (Å²) in [4.78, 5) is 0. The summed E-state index contributed by atoms with van der Waals surface area (Å²) >= 11 is 9.14. The molecule has 2 nitrogen and oxygen atoms in total. The van der Waals surface area contributed by atoms with E-state index in [1.165, 1.54) is 12.1 Å². The zero-order valence-corrected chi connectivity index (χ0v) is 11.4. The van der Waals surface area contributed by atoms with Gasteiger partial charge >= 0.3 is 0 Å². The van der Waals surface area contributed by atoms with E-state index >= 15 is 0 Å². The Labute approximate surface area is 117 Å². The van der Waals surface area contributed by atoms with E-state index in [9.17, 15) is 4.39 Å². The lowest BCUT2D eigenvalue weighted by atomic mass is 10.2. The SMILES string of the molecule is N#Cc1ccc(Cl)cc1Nc1ccc(F)cc1Br. The first kappa shape index (κ1) is 12.9. The third kappa shape index (κ3) is 2.81. The van der Waals surface area contributed by atoms with Crippen molar-refractivity contribution in [2.75, 3.05) is 5.32 Å². The normalized spacial score (nSPS) is 9.89. The number of halogens is 3. The molecular formula is C13H7BrClFN2. The summed E-state index contributed by atoms with van der Waals surface area (Å²) in [5, 5.41) is 12.6. The van der Waals surface area contributed by atoms with Crippen molar-refractivity contribution in [3.05, 3.63) is 57.3 Å². The monoisotopic (exact) mass is 324 g/mol. The van der Waals surface area contributed by atoms with Gasteiger partial charge in [0.15, 0.2) is 0 Å². The topological polar surface area (TPSA) is 35.8 Å². The van der Waals surface area contributed by atoms with E-state index in [0.29, 0.717) is 26.4 Å². The molecule has 2 rings (SSSR count). The maximum absolute atomic E-state index is 13.0. The molecule has 0 saturated heterocycles. The van der Waals surface area contributed by atoms with E-state index in [4.69, 9.17) is 16.9 Å². The number of nitrogens with zero attached hydrogens (tertiary/aromatic N) is 1. The van der Waals surface area contributed by atoms with Crippen LogP contribution in [0.1, 0.15) is 5.56 Å². The Hall–Kier alpha value is -1.57. The van der Waals surface area contributed by atoms with Crippen LogP contribution in [-0.2, 0) is 0 Å². The Morgan fingerprint density at radius 1 is 1.17 bits per heavy atom. The van der Waals surface area contributed by atoms with Crippen LogP contribution >= 0.6 is 27.5 Å². The number of hydrogen-bond donors (Lipinski definition) is 1. The average molecular weight is 326 g/mol. The average Bonchev–Trinajstić information content (AvgIpc) is 2.33. The van der Waals surface area contributed by atoms with Gasteiger partial charge in [-0.2, -0.15) is 5.26 Å². The highest BCUT2D eigenvalue weighted by molar-refractivity contribution is 9.10. The molecule has 0 atom stereocenters. The minimum Gasteiger partial charge on any atom is -0.353 e. The number of nitriles is 1. The lowest BCUT2D eigenvalue weighted by molar-refractivity contribution is 0.627. The molecule has 18 heavy (non-hydrogen) atoms. The summed E-state index contributed by atoms with van der Waals surface area (Å²) in [5.74, 6) is -0.334. The van der Waals surface area contributed by atoms with Crippen LogP contribution in [0.3, 0.4) is 0 Å². The Kier molecular flexibility index (Phi) is 3.85. The number of rotatable bonds is 2. The predicted octanol–water partition coefficient (Wildman–Crippen LogP) is 4.86. The van der Waals surface area contributed by atoms with Gasteiger partial charge in [-0.1, -0.05) is 11.6 Å². The van der Waals surface area contributed by atoms with Gasteiger partial charge in [0.1, 0.15) is 11.9 Å². The number of anilines is 2. The third-order valence-corrected chi connectivity index (χ3v) is 3.19. The fraction of sp³-hybridized carbons (Fsp3) is 0. The summed E-state index contributed by atoms with van der Waals surface area (Å²) in [7, 11) is 0. The molecule has 2 aromatic rings. The second kappa shape index (κ2) is 5.38. The summed E-state index contributed by atoms with van der Waals surface area (Å²) in [5.41, 5.74) is 1.71. The molecule has 2 aromatic carbocycles. The molecule has 0 aliphatic rings. The number of hydrogen-bond acceptors (Lipinski definition) is 2. The van der Waals surface area contributed by atoms with Gasteiger partial charge in [0.25, 0.3) is 0 Å². The maximum atomic E-state index is 13.0. The quantitative estimate of drug-likeness (QED) is 0.856. The zero-order chi connectivity index (χ0) is 13.1. The highest BCUT2D eigenvalue weighted by atomic mass is 79.9. The number of benzene rings is 2. The Balaban J connectivity index is 2.40. The molecule has 0 aromatic heterocycles. The lowest BCUT2D eigenvalue weighted by Gasteiger charge is -2.10. The van der Waals surface area contributed by atoms with E-state index in [2.05, 4.69) is 27.3 Å². The summed E-state index contributed by atoms with van der Waals surface area (Å²) < 4.78 is 13.5. The van der Waals surface area contributed by atoms with Crippen LogP contribution in [0.2, 0.25) is 5.02 Å². The molecule has 0 unspecified atom stereocenters. The first-order chi connectivity index (χ1) is 8.60. The van der Waals surface area contributed by atoms with Crippen LogP contribution in [-0.4, -0.2) is 0 Å². The molecule has 1 N–H and O–H groups in total. The van der Waals surface area contributed by atoms with Gasteiger partial charge in [-0.15, -0.1) is 0 Å². The van der Waals surface area contributed by atoms with Gasteiger partial charge in [0.2, 0.25) is 0 Å². The van der Waals surface area contributed by atoms with Crippen LogP contribution in [0.4, 0.5) is 15.8 Å². The van der Waals surface area contributed by atoms with Crippen molar-refractivity contribution in [3.63, 3.8) is 0 Å². The van der Waals surface area contributed by atoms with Crippen LogP contribution in [0, 0.1) is 17.1 Å². The second-order valence-electron chi connectivity index (χ2n) is 3.55. The molecule has 0 aliphatic heterocycles. The zero-order valence-electron chi connectivity index (χ0n) is 9.05. The molecule has 0 fully saturated rings. The van der Waals surface area contributed by atoms with Gasteiger partial charge in [0.05, 0.1) is 16.9 Å². The molecule has 0 amide bonds. The first-order valence-corrected chi connectivity index (χ1v) is 6.19. The Morgan fingerprint density at radius 2 is 1.94 bits per heavy atom. The van der Waals surface area contributed by atoms with Crippen LogP contribution in [0.5, 0.6) is 0 Å². The van der Waals surface area contributed by atoms with Crippen LogP contribution in [0.25, 0.3) is 0 Å². The summed E-state index contributed by atoms with van der Waals surface area (Å²) in [6.45, 7) is 0. The molecule has 0 saturated carbocycles. The summed E-state index contributed by atoms with van der Waals surface area (Å²) in [6, 6.07) is 11.3. The van der Waals surface area contributed by atoms with Gasteiger partial charge in [-0.05, 0) is 52.3 Å². The van der Waals surface area contributed by atoms with Gasteiger partial charge in [-0.3, -0.25) is 0 Å². The van der Waals surface area contributed by atoms with E-state index in [-0.39, 0.29) is 5.82 Å². The van der Waals surface area contributed by atoms with Crippen molar-refractivity contribution in [2.45, 2.75) is 0 Å². The molecule has 0 spiro atoms. The first-order valence-electron chi connectivity index (χ1n) is 5.02. The van der Waals surface area contributed by atoms with Crippen LogP contribution in [0.15, 0.2) is 40.9 Å². The highest BCUT2D eigenvalue weighted by Crippen LogP contribution is 2.29. The smallest absolute Gasteiger partial charge is 0.124 e. The minimum absolute atomic E-state index is 0.334. The van der Waals surface area contributed by atoms with E-state index in [1.54, 1.807) is 24.3 Å².